The van der Waals surface area contributed by atoms with Crippen LogP contribution in [0.5, 0.6) is 0 Å². The first kappa shape index (κ1) is 20.4. The SMILES string of the molecule is O=C(NCc1ccncc1)c1cn2c(C(=O)NCC34CC5CC(CC(C5)C3)C4)cccc2n1. The van der Waals surface area contributed by atoms with Gasteiger partial charge in [-0.3, -0.25) is 19.0 Å². The van der Waals surface area contributed by atoms with Crippen LogP contribution in [0, 0.1) is 23.2 Å². The zero-order valence-electron chi connectivity index (χ0n) is 18.7. The van der Waals surface area contributed by atoms with Crippen molar-refractivity contribution in [2.45, 2.75) is 45.1 Å². The van der Waals surface area contributed by atoms with Crippen LogP contribution in [0.4, 0.5) is 0 Å². The maximum absolute atomic E-state index is 13.2. The fourth-order valence-electron chi connectivity index (χ4n) is 6.94. The predicted octanol–water partition coefficient (Wildman–Crippen LogP) is 3.61. The monoisotopic (exact) mass is 443 g/mol. The van der Waals surface area contributed by atoms with Gasteiger partial charge < -0.3 is 10.6 Å². The van der Waals surface area contributed by atoms with Gasteiger partial charge in [-0.15, -0.1) is 0 Å². The summed E-state index contributed by atoms with van der Waals surface area (Å²) in [5.74, 6) is 2.21. The van der Waals surface area contributed by atoms with Gasteiger partial charge in [0.05, 0.1) is 0 Å². The largest absolute Gasteiger partial charge is 0.350 e. The third-order valence-corrected chi connectivity index (χ3v) is 7.95. The molecule has 2 N–H and O–H groups in total. The first-order valence-electron chi connectivity index (χ1n) is 12.0. The summed E-state index contributed by atoms with van der Waals surface area (Å²) < 4.78 is 1.72. The van der Waals surface area contributed by atoms with Gasteiger partial charge in [0, 0.05) is 31.7 Å². The third kappa shape index (κ3) is 3.90. The van der Waals surface area contributed by atoms with Gasteiger partial charge in [0.25, 0.3) is 11.8 Å². The molecule has 170 valence electrons. The molecule has 0 saturated heterocycles. The summed E-state index contributed by atoms with van der Waals surface area (Å²) in [4.78, 5) is 34.3. The van der Waals surface area contributed by atoms with Gasteiger partial charge in [-0.2, -0.15) is 0 Å². The minimum Gasteiger partial charge on any atom is -0.350 e. The molecule has 0 aliphatic heterocycles. The molecule has 4 aliphatic rings. The summed E-state index contributed by atoms with van der Waals surface area (Å²) in [5, 5.41) is 6.12. The summed E-state index contributed by atoms with van der Waals surface area (Å²) in [7, 11) is 0. The van der Waals surface area contributed by atoms with Gasteiger partial charge in [0.2, 0.25) is 0 Å². The highest BCUT2D eigenvalue weighted by atomic mass is 16.2. The number of nitrogens with zero attached hydrogens (tertiary/aromatic N) is 3. The topological polar surface area (TPSA) is 88.4 Å². The molecular weight excluding hydrogens is 414 g/mol. The number of carbonyl (C=O) groups excluding carboxylic acids is 2. The molecule has 0 atom stereocenters. The Bertz CT molecular complexity index is 1170. The highest BCUT2D eigenvalue weighted by Crippen LogP contribution is 2.59. The molecule has 7 heteroatoms. The molecule has 4 saturated carbocycles. The van der Waals surface area contributed by atoms with Crippen molar-refractivity contribution in [3.8, 4) is 0 Å². The summed E-state index contributed by atoms with van der Waals surface area (Å²) in [6, 6.07) is 9.14. The van der Waals surface area contributed by atoms with Crippen molar-refractivity contribution in [1.82, 2.24) is 25.0 Å². The van der Waals surface area contributed by atoms with Crippen LogP contribution in [0.15, 0.2) is 48.9 Å². The lowest BCUT2D eigenvalue weighted by molar-refractivity contribution is -0.0503. The van der Waals surface area contributed by atoms with E-state index < -0.39 is 0 Å². The summed E-state index contributed by atoms with van der Waals surface area (Å²) >= 11 is 0. The van der Waals surface area contributed by atoms with Gasteiger partial charge >= 0.3 is 0 Å². The number of hydrogen-bond donors (Lipinski definition) is 2. The van der Waals surface area contributed by atoms with Gasteiger partial charge in [-0.05, 0) is 91.5 Å². The van der Waals surface area contributed by atoms with Crippen LogP contribution in [0.25, 0.3) is 5.65 Å². The Morgan fingerprint density at radius 2 is 1.64 bits per heavy atom. The van der Waals surface area contributed by atoms with Crippen LogP contribution < -0.4 is 10.6 Å². The van der Waals surface area contributed by atoms with Crippen molar-refractivity contribution in [1.29, 1.82) is 0 Å². The Morgan fingerprint density at radius 3 is 2.33 bits per heavy atom. The summed E-state index contributed by atoms with van der Waals surface area (Å²) in [5.41, 5.74) is 2.65. The lowest BCUT2D eigenvalue weighted by Crippen LogP contribution is -2.51. The van der Waals surface area contributed by atoms with E-state index in [2.05, 4.69) is 20.6 Å². The highest BCUT2D eigenvalue weighted by Gasteiger charge is 2.50. The molecule has 3 heterocycles. The first-order valence-corrected chi connectivity index (χ1v) is 12.0. The van der Waals surface area contributed by atoms with Crippen LogP contribution >= 0.6 is 0 Å². The molecule has 0 unspecified atom stereocenters. The average Bonchev–Trinajstić information content (AvgIpc) is 3.25. The lowest BCUT2D eigenvalue weighted by Gasteiger charge is -2.56. The normalized spacial score (nSPS) is 27.6. The van der Waals surface area contributed by atoms with Crippen LogP contribution in [-0.4, -0.2) is 32.7 Å². The molecule has 7 nitrogen and oxygen atoms in total. The molecule has 3 aromatic rings. The molecule has 0 aromatic carbocycles. The number of imidazole rings is 1. The zero-order chi connectivity index (χ0) is 22.4. The van der Waals surface area contributed by atoms with Crippen LogP contribution in [-0.2, 0) is 6.54 Å². The third-order valence-electron chi connectivity index (χ3n) is 7.95. The number of rotatable bonds is 6. The molecule has 7 rings (SSSR count). The molecule has 4 aliphatic carbocycles. The summed E-state index contributed by atoms with van der Waals surface area (Å²) in [6.45, 7) is 1.15. The fraction of sp³-hybridized carbons (Fsp3) is 0.462. The van der Waals surface area contributed by atoms with Crippen molar-refractivity contribution >= 4 is 17.5 Å². The van der Waals surface area contributed by atoms with Gasteiger partial charge in [0.1, 0.15) is 17.0 Å². The second-order valence-corrected chi connectivity index (χ2v) is 10.4. The number of hydrogen-bond acceptors (Lipinski definition) is 4. The highest BCUT2D eigenvalue weighted by molar-refractivity contribution is 5.95. The Labute approximate surface area is 193 Å². The molecule has 4 fully saturated rings. The number of amides is 2. The van der Waals surface area contributed by atoms with E-state index in [9.17, 15) is 9.59 Å². The first-order chi connectivity index (χ1) is 16.1. The molecule has 0 spiro atoms. The molecule has 4 bridgehead atoms. The van der Waals surface area contributed by atoms with E-state index in [4.69, 9.17) is 0 Å². The van der Waals surface area contributed by atoms with Gasteiger partial charge in [-0.1, -0.05) is 6.07 Å². The van der Waals surface area contributed by atoms with E-state index in [1.54, 1.807) is 29.1 Å². The van der Waals surface area contributed by atoms with Crippen molar-refractivity contribution in [2.75, 3.05) is 6.54 Å². The smallest absolute Gasteiger partial charge is 0.271 e. The maximum Gasteiger partial charge on any atom is 0.271 e. The van der Waals surface area contributed by atoms with E-state index in [-0.39, 0.29) is 17.2 Å². The van der Waals surface area contributed by atoms with Crippen LogP contribution in [0.1, 0.15) is 65.1 Å². The molecule has 3 aromatic heterocycles. The molecule has 33 heavy (non-hydrogen) atoms. The van der Waals surface area contributed by atoms with E-state index in [0.717, 1.165) is 29.9 Å². The number of pyridine rings is 2. The van der Waals surface area contributed by atoms with E-state index >= 15 is 0 Å². The molecular formula is C26H29N5O2. The molecule has 2 amide bonds. The number of carbonyl (C=O) groups is 2. The Kier molecular flexibility index (Phi) is 4.93. The van der Waals surface area contributed by atoms with Gasteiger partial charge in [-0.25, -0.2) is 4.98 Å². The van der Waals surface area contributed by atoms with E-state index in [1.165, 1.54) is 38.5 Å². The predicted molar refractivity (Wildman–Crippen MR) is 124 cm³/mol. The second-order valence-electron chi connectivity index (χ2n) is 10.4. The standard InChI is InChI=1S/C26H29N5O2/c32-24(28-14-17-4-6-27-7-5-17)21-15-31-22(2-1-3-23(31)30-21)25(33)29-16-26-11-18-8-19(12-26)10-20(9-18)13-26/h1-7,15,18-20H,8-14,16H2,(H,28,32)(H,29,33). The Balaban J connectivity index is 1.16. The van der Waals surface area contributed by atoms with E-state index in [1.807, 2.05) is 24.3 Å². The quantitative estimate of drug-likeness (QED) is 0.609. The minimum absolute atomic E-state index is 0.0995. The van der Waals surface area contributed by atoms with E-state index in [0.29, 0.717) is 23.6 Å². The second kappa shape index (κ2) is 7.97. The van der Waals surface area contributed by atoms with Crippen molar-refractivity contribution < 1.29 is 9.59 Å². The van der Waals surface area contributed by atoms with Crippen LogP contribution in [0.2, 0.25) is 0 Å². The number of fused-ring (bicyclic) bond motifs is 1. The maximum atomic E-state index is 13.2. The Hall–Kier alpha value is -3.22. The van der Waals surface area contributed by atoms with Gasteiger partial charge in [0.15, 0.2) is 0 Å². The lowest BCUT2D eigenvalue weighted by atomic mass is 9.49. The summed E-state index contributed by atoms with van der Waals surface area (Å²) in [6.07, 6.45) is 13.0. The number of nitrogens with one attached hydrogen (secondary N) is 2. The van der Waals surface area contributed by atoms with Crippen molar-refractivity contribution in [3.63, 3.8) is 0 Å². The van der Waals surface area contributed by atoms with Crippen molar-refractivity contribution in [3.05, 3.63) is 65.9 Å². The van der Waals surface area contributed by atoms with Crippen LogP contribution in [0.3, 0.4) is 0 Å². The fourth-order valence-corrected chi connectivity index (χ4v) is 6.94. The number of aromatic nitrogens is 3. The zero-order valence-corrected chi connectivity index (χ0v) is 18.7. The minimum atomic E-state index is -0.268. The van der Waals surface area contributed by atoms with Crippen molar-refractivity contribution in [2.24, 2.45) is 23.2 Å². The molecule has 0 radical (unpaired) electrons. The Morgan fingerprint density at radius 1 is 0.939 bits per heavy atom. The average molecular weight is 444 g/mol.